The molecular weight excluding hydrogens is 312 g/mol. The summed E-state index contributed by atoms with van der Waals surface area (Å²) < 4.78 is 13.6. The third-order valence-corrected chi connectivity index (χ3v) is 3.64. The van der Waals surface area contributed by atoms with Crippen molar-refractivity contribution in [1.82, 2.24) is 0 Å². The lowest BCUT2D eigenvalue weighted by Crippen LogP contribution is -2.42. The van der Waals surface area contributed by atoms with Gasteiger partial charge in [0.15, 0.2) is 5.78 Å². The molecule has 0 saturated carbocycles. The fraction of sp³-hybridized carbons (Fsp3) is 0.188. The van der Waals surface area contributed by atoms with Crippen molar-refractivity contribution >= 4 is 29.0 Å². The van der Waals surface area contributed by atoms with Crippen molar-refractivity contribution in [3.8, 4) is 0 Å². The van der Waals surface area contributed by atoms with Gasteiger partial charge in [0.2, 0.25) is 0 Å². The lowest BCUT2D eigenvalue weighted by atomic mass is 9.85. The topological polar surface area (TPSA) is 43.1 Å². The molecule has 0 radical (unpaired) electrons. The third kappa shape index (κ3) is 4.27. The molecule has 2 nitrogen and oxygen atoms in total. The largest absolute Gasteiger partial charge is 0.315 e. The number of Topliss-reactive ketones (excluding diaryl/α,β-unsaturated/α-hetero) is 1. The molecule has 5 heteroatoms. The summed E-state index contributed by atoms with van der Waals surface area (Å²) in [4.78, 5) is 12.4. The van der Waals surface area contributed by atoms with E-state index in [-0.39, 0.29) is 10.6 Å². The van der Waals surface area contributed by atoms with Crippen LogP contribution in [0.25, 0.3) is 0 Å². The first-order valence-corrected chi connectivity index (χ1v) is 6.93. The van der Waals surface area contributed by atoms with Crippen LogP contribution in [0.2, 0.25) is 5.02 Å². The van der Waals surface area contributed by atoms with Gasteiger partial charge in [0, 0.05) is 10.6 Å². The first kappa shape index (κ1) is 17.6. The summed E-state index contributed by atoms with van der Waals surface area (Å²) in [5.74, 6) is -1.23. The number of nitrogens with two attached hydrogens (primary N) is 1. The van der Waals surface area contributed by atoms with Gasteiger partial charge in [0.1, 0.15) is 11.4 Å². The minimum atomic E-state index is -1.33. The Balaban J connectivity index is 3.06. The zero-order chi connectivity index (χ0) is 16.2. The number of ketones is 1. The number of rotatable bonds is 5. The van der Waals surface area contributed by atoms with Crippen LogP contribution < -0.4 is 5.73 Å². The lowest BCUT2D eigenvalue weighted by molar-refractivity contribution is -0.119. The van der Waals surface area contributed by atoms with Crippen molar-refractivity contribution in [3.63, 3.8) is 0 Å². The summed E-state index contributed by atoms with van der Waals surface area (Å²) in [5, 5.41) is 0.445. The van der Waals surface area contributed by atoms with Crippen LogP contribution in [0.5, 0.6) is 0 Å². The van der Waals surface area contributed by atoms with E-state index in [9.17, 15) is 9.18 Å². The fourth-order valence-corrected chi connectivity index (χ4v) is 1.87. The van der Waals surface area contributed by atoms with Crippen LogP contribution in [-0.4, -0.2) is 5.78 Å². The number of carbonyl (C=O) groups excluding carboxylic acids is 1. The number of benzene rings is 1. The quantitative estimate of drug-likeness (QED) is 0.632. The molecule has 1 unspecified atom stereocenters. The zero-order valence-electron chi connectivity index (χ0n) is 11.8. The molecule has 1 aromatic rings. The van der Waals surface area contributed by atoms with Crippen LogP contribution in [0.4, 0.5) is 4.39 Å². The predicted octanol–water partition coefficient (Wildman–Crippen LogP) is 4.64. The Kier molecular flexibility index (Phi) is 5.90. The van der Waals surface area contributed by atoms with E-state index in [1.54, 1.807) is 31.2 Å². The summed E-state index contributed by atoms with van der Waals surface area (Å²) >= 11 is 11.4. The van der Waals surface area contributed by atoms with Gasteiger partial charge in [-0.2, -0.15) is 0 Å². The third-order valence-electron chi connectivity index (χ3n) is 2.99. The normalized spacial score (nSPS) is 15.5. The molecule has 0 aliphatic rings. The maximum atomic E-state index is 13.6. The maximum Gasteiger partial charge on any atom is 0.186 e. The molecule has 1 aromatic carbocycles. The molecule has 0 aromatic heterocycles. The molecule has 0 saturated heterocycles. The molecule has 0 fully saturated rings. The Morgan fingerprint density at radius 1 is 1.38 bits per heavy atom. The van der Waals surface area contributed by atoms with Gasteiger partial charge in [-0.3, -0.25) is 4.79 Å². The molecule has 21 heavy (non-hydrogen) atoms. The molecule has 0 aliphatic carbocycles. The summed E-state index contributed by atoms with van der Waals surface area (Å²) in [5.41, 5.74) is 5.23. The summed E-state index contributed by atoms with van der Waals surface area (Å²) in [6, 6.07) is 6.55. The number of hydrogen-bond donors (Lipinski definition) is 1. The molecular formula is C16H16Cl2FNO. The van der Waals surface area contributed by atoms with Crippen molar-refractivity contribution in [3.05, 3.63) is 70.0 Å². The highest BCUT2D eigenvalue weighted by Gasteiger charge is 2.31. The van der Waals surface area contributed by atoms with Gasteiger partial charge in [-0.05, 0) is 37.6 Å². The van der Waals surface area contributed by atoms with E-state index in [1.807, 2.05) is 0 Å². The highest BCUT2D eigenvalue weighted by molar-refractivity contribution is 6.31. The van der Waals surface area contributed by atoms with Gasteiger partial charge in [-0.25, -0.2) is 4.39 Å². The summed E-state index contributed by atoms with van der Waals surface area (Å²) in [7, 11) is 0. The fourth-order valence-electron chi connectivity index (χ4n) is 1.69. The van der Waals surface area contributed by atoms with Crippen LogP contribution >= 0.6 is 23.2 Å². The van der Waals surface area contributed by atoms with Crippen LogP contribution in [-0.2, 0) is 10.3 Å². The molecule has 1 atom stereocenters. The summed E-state index contributed by atoms with van der Waals surface area (Å²) in [6.45, 7) is 6.68. The van der Waals surface area contributed by atoms with Crippen LogP contribution in [0.3, 0.4) is 0 Å². The first-order chi connectivity index (χ1) is 9.70. The second-order valence-electron chi connectivity index (χ2n) is 4.69. The Morgan fingerprint density at radius 2 is 1.90 bits per heavy atom. The lowest BCUT2D eigenvalue weighted by Gasteiger charge is -2.24. The van der Waals surface area contributed by atoms with Gasteiger partial charge >= 0.3 is 0 Å². The second-order valence-corrected chi connectivity index (χ2v) is 5.54. The molecule has 0 aliphatic heterocycles. The molecule has 1 rings (SSSR count). The van der Waals surface area contributed by atoms with Gasteiger partial charge in [-0.1, -0.05) is 48.0 Å². The maximum absolute atomic E-state index is 13.6. The van der Waals surface area contributed by atoms with Crippen LogP contribution in [0, 0.1) is 0 Å². The van der Waals surface area contributed by atoms with E-state index < -0.39 is 17.1 Å². The SMILES string of the molecule is C=C(/C=C(F)\C(Cl)=C/C)C(=O)C(C)(N)c1ccc(Cl)cc1. The zero-order valence-corrected chi connectivity index (χ0v) is 13.3. The average molecular weight is 328 g/mol. The predicted molar refractivity (Wildman–Crippen MR) is 85.9 cm³/mol. The van der Waals surface area contributed by atoms with E-state index in [0.717, 1.165) is 6.08 Å². The highest BCUT2D eigenvalue weighted by atomic mass is 35.5. The van der Waals surface area contributed by atoms with Gasteiger partial charge in [0.05, 0.1) is 5.03 Å². The van der Waals surface area contributed by atoms with Gasteiger partial charge in [0.25, 0.3) is 0 Å². The Hall–Kier alpha value is -1.42. The van der Waals surface area contributed by atoms with Gasteiger partial charge in [-0.15, -0.1) is 0 Å². The minimum Gasteiger partial charge on any atom is -0.315 e. The van der Waals surface area contributed by atoms with Crippen molar-refractivity contribution in [1.29, 1.82) is 0 Å². The van der Waals surface area contributed by atoms with E-state index in [4.69, 9.17) is 28.9 Å². The monoisotopic (exact) mass is 327 g/mol. The Labute approximate surface area is 133 Å². The molecule has 0 bridgehead atoms. The second kappa shape index (κ2) is 7.03. The minimum absolute atomic E-state index is 0.0625. The number of carbonyl (C=O) groups is 1. The molecule has 0 amide bonds. The van der Waals surface area contributed by atoms with E-state index in [2.05, 4.69) is 6.58 Å². The molecule has 0 spiro atoms. The van der Waals surface area contributed by atoms with Crippen molar-refractivity contribution < 1.29 is 9.18 Å². The molecule has 112 valence electrons. The molecule has 0 heterocycles. The van der Waals surface area contributed by atoms with Crippen molar-refractivity contribution in [2.75, 3.05) is 0 Å². The first-order valence-electron chi connectivity index (χ1n) is 6.18. The molecule has 2 N–H and O–H groups in total. The van der Waals surface area contributed by atoms with Gasteiger partial charge < -0.3 is 5.73 Å². The standard InChI is InChI=1S/C16H16Cl2FNO/c1-4-13(18)14(19)9-10(2)15(21)16(3,20)11-5-7-12(17)8-6-11/h4-9H,2,20H2,1,3H3/b13-4+,14-9+. The average Bonchev–Trinajstić information content (AvgIpc) is 2.45. The Bertz CT molecular complexity index is 616. The smallest absolute Gasteiger partial charge is 0.186 e. The van der Waals surface area contributed by atoms with E-state index in [1.165, 1.54) is 13.0 Å². The van der Waals surface area contributed by atoms with Crippen molar-refractivity contribution in [2.24, 2.45) is 5.73 Å². The van der Waals surface area contributed by atoms with E-state index >= 15 is 0 Å². The number of hydrogen-bond acceptors (Lipinski definition) is 2. The number of halogens is 3. The van der Waals surface area contributed by atoms with E-state index in [0.29, 0.717) is 10.6 Å². The van der Waals surface area contributed by atoms with Crippen LogP contribution in [0.15, 0.2) is 59.4 Å². The summed E-state index contributed by atoms with van der Waals surface area (Å²) in [6.07, 6.45) is 2.36. The number of allylic oxidation sites excluding steroid dienone is 4. The highest BCUT2D eigenvalue weighted by Crippen LogP contribution is 2.25. The Morgan fingerprint density at radius 3 is 2.38 bits per heavy atom. The van der Waals surface area contributed by atoms with Crippen LogP contribution in [0.1, 0.15) is 19.4 Å². The van der Waals surface area contributed by atoms with Crippen molar-refractivity contribution in [2.45, 2.75) is 19.4 Å².